The van der Waals surface area contributed by atoms with Gasteiger partial charge in [-0.15, -0.1) is 0 Å². The highest BCUT2D eigenvalue weighted by atomic mass is 16.5. The van der Waals surface area contributed by atoms with Crippen LogP contribution in [0.1, 0.15) is 37.9 Å². The summed E-state index contributed by atoms with van der Waals surface area (Å²) in [6.45, 7) is 7.20. The number of aromatic nitrogens is 1. The summed E-state index contributed by atoms with van der Waals surface area (Å²) in [5, 5.41) is 0. The van der Waals surface area contributed by atoms with Crippen LogP contribution >= 0.6 is 0 Å². The van der Waals surface area contributed by atoms with E-state index in [1.54, 1.807) is 7.11 Å². The number of nitrogens with zero attached hydrogens (tertiary/aromatic N) is 1. The van der Waals surface area contributed by atoms with Crippen LogP contribution in [0.5, 0.6) is 5.88 Å². The lowest BCUT2D eigenvalue weighted by atomic mass is 10.1. The summed E-state index contributed by atoms with van der Waals surface area (Å²) in [6, 6.07) is 3.91. The minimum Gasteiger partial charge on any atom is -0.472 e. The van der Waals surface area contributed by atoms with Crippen molar-refractivity contribution >= 4 is 0 Å². The van der Waals surface area contributed by atoms with E-state index in [0.717, 1.165) is 11.3 Å². The van der Waals surface area contributed by atoms with Crippen LogP contribution in [0.4, 0.5) is 0 Å². The highest BCUT2D eigenvalue weighted by Gasteiger charge is 2.09. The van der Waals surface area contributed by atoms with Crippen molar-refractivity contribution < 1.29 is 9.47 Å². The molecule has 0 saturated carbocycles. The van der Waals surface area contributed by atoms with Gasteiger partial charge in [-0.2, -0.15) is 0 Å². The van der Waals surface area contributed by atoms with E-state index in [2.05, 4.69) is 18.8 Å². The zero-order valence-electron chi connectivity index (χ0n) is 11.1. The number of nitrogens with two attached hydrogens (primary N) is 1. The number of hydrogen-bond acceptors (Lipinski definition) is 4. The molecule has 0 aliphatic heterocycles. The third-order valence-corrected chi connectivity index (χ3v) is 2.43. The molecular formula is C13H22N2O2. The largest absolute Gasteiger partial charge is 0.472 e. The van der Waals surface area contributed by atoms with Crippen LogP contribution in [0, 0.1) is 0 Å². The van der Waals surface area contributed by atoms with Gasteiger partial charge in [-0.1, -0.05) is 13.8 Å². The van der Waals surface area contributed by atoms with Gasteiger partial charge in [0.25, 0.3) is 0 Å². The molecule has 0 spiro atoms. The topological polar surface area (TPSA) is 57.4 Å². The first-order chi connectivity index (χ1) is 8.06. The average molecular weight is 238 g/mol. The van der Waals surface area contributed by atoms with Gasteiger partial charge in [0.1, 0.15) is 6.10 Å². The number of hydrogen-bond donors (Lipinski definition) is 1. The lowest BCUT2D eigenvalue weighted by Crippen LogP contribution is -2.19. The third kappa shape index (κ3) is 4.32. The van der Waals surface area contributed by atoms with Gasteiger partial charge in [0.05, 0.1) is 6.61 Å². The van der Waals surface area contributed by atoms with Gasteiger partial charge in [0, 0.05) is 25.4 Å². The lowest BCUT2D eigenvalue weighted by Gasteiger charge is -2.15. The fraction of sp³-hybridized carbons (Fsp3) is 0.615. The summed E-state index contributed by atoms with van der Waals surface area (Å²) < 4.78 is 10.7. The van der Waals surface area contributed by atoms with Gasteiger partial charge in [-0.25, -0.2) is 4.98 Å². The van der Waals surface area contributed by atoms with Crippen LogP contribution in [0.25, 0.3) is 0 Å². The zero-order valence-corrected chi connectivity index (χ0v) is 11.1. The quantitative estimate of drug-likeness (QED) is 0.824. The van der Waals surface area contributed by atoms with Crippen molar-refractivity contribution in [1.29, 1.82) is 0 Å². The normalized spacial score (nSPS) is 12.8. The minimum atomic E-state index is -0.0134. The summed E-state index contributed by atoms with van der Waals surface area (Å²) in [7, 11) is 1.66. The first-order valence-electron chi connectivity index (χ1n) is 5.93. The molecule has 2 N–H and O–H groups in total. The Morgan fingerprint density at radius 3 is 2.53 bits per heavy atom. The Hall–Kier alpha value is -1.13. The molecule has 0 aliphatic carbocycles. The SMILES string of the molecule is COCC(C)Oc1cc(CN)cc(C(C)C)n1. The molecule has 4 nitrogen and oxygen atoms in total. The van der Waals surface area contributed by atoms with E-state index in [9.17, 15) is 0 Å². The van der Waals surface area contributed by atoms with E-state index in [0.29, 0.717) is 24.9 Å². The fourth-order valence-electron chi connectivity index (χ4n) is 1.53. The van der Waals surface area contributed by atoms with E-state index in [4.69, 9.17) is 15.2 Å². The van der Waals surface area contributed by atoms with Gasteiger partial charge in [0.2, 0.25) is 5.88 Å². The highest BCUT2D eigenvalue weighted by Crippen LogP contribution is 2.19. The van der Waals surface area contributed by atoms with Crippen LogP contribution in [0.3, 0.4) is 0 Å². The number of ether oxygens (including phenoxy) is 2. The maximum atomic E-state index is 5.70. The Balaban J connectivity index is 2.87. The molecule has 96 valence electrons. The molecule has 1 atom stereocenters. The van der Waals surface area contributed by atoms with Crippen molar-refractivity contribution in [2.24, 2.45) is 5.73 Å². The number of pyridine rings is 1. The van der Waals surface area contributed by atoms with Crippen molar-refractivity contribution in [3.8, 4) is 5.88 Å². The van der Waals surface area contributed by atoms with Crippen molar-refractivity contribution in [2.75, 3.05) is 13.7 Å². The van der Waals surface area contributed by atoms with Gasteiger partial charge < -0.3 is 15.2 Å². The Bertz CT molecular complexity index is 353. The molecule has 0 radical (unpaired) electrons. The van der Waals surface area contributed by atoms with Crippen LogP contribution in [-0.4, -0.2) is 24.8 Å². The molecule has 17 heavy (non-hydrogen) atoms. The van der Waals surface area contributed by atoms with Crippen LogP contribution in [0.15, 0.2) is 12.1 Å². The van der Waals surface area contributed by atoms with Crippen LogP contribution < -0.4 is 10.5 Å². The molecule has 0 aromatic carbocycles. The monoisotopic (exact) mass is 238 g/mol. The molecule has 1 heterocycles. The zero-order chi connectivity index (χ0) is 12.8. The molecule has 0 bridgehead atoms. The summed E-state index contributed by atoms with van der Waals surface area (Å²) in [5.41, 5.74) is 7.72. The molecule has 1 aromatic rings. The number of methoxy groups -OCH3 is 1. The smallest absolute Gasteiger partial charge is 0.214 e. The summed E-state index contributed by atoms with van der Waals surface area (Å²) >= 11 is 0. The maximum Gasteiger partial charge on any atom is 0.214 e. The Morgan fingerprint density at radius 1 is 1.29 bits per heavy atom. The van der Waals surface area contributed by atoms with Gasteiger partial charge in [-0.05, 0) is 24.5 Å². The summed E-state index contributed by atoms with van der Waals surface area (Å²) in [5.74, 6) is 0.989. The van der Waals surface area contributed by atoms with E-state index >= 15 is 0 Å². The molecule has 4 heteroatoms. The van der Waals surface area contributed by atoms with E-state index in [-0.39, 0.29) is 6.10 Å². The Kier molecular flexibility index (Phi) is 5.38. The predicted molar refractivity (Wildman–Crippen MR) is 68.2 cm³/mol. The highest BCUT2D eigenvalue weighted by molar-refractivity contribution is 5.26. The second-order valence-corrected chi connectivity index (χ2v) is 4.48. The van der Waals surface area contributed by atoms with Gasteiger partial charge in [-0.3, -0.25) is 0 Å². The first-order valence-corrected chi connectivity index (χ1v) is 5.93. The van der Waals surface area contributed by atoms with Crippen LogP contribution in [0.2, 0.25) is 0 Å². The standard InChI is InChI=1S/C13H22N2O2/c1-9(2)12-5-11(7-14)6-13(15-12)17-10(3)8-16-4/h5-6,9-10H,7-8,14H2,1-4H3. The van der Waals surface area contributed by atoms with E-state index in [1.807, 2.05) is 19.1 Å². The molecule has 0 aliphatic rings. The molecular weight excluding hydrogens is 216 g/mol. The third-order valence-electron chi connectivity index (χ3n) is 2.43. The molecule has 0 saturated heterocycles. The molecule has 1 rings (SSSR count). The predicted octanol–water partition coefficient (Wildman–Crippen LogP) is 2.08. The Morgan fingerprint density at radius 2 is 2.00 bits per heavy atom. The van der Waals surface area contributed by atoms with Gasteiger partial charge >= 0.3 is 0 Å². The fourth-order valence-corrected chi connectivity index (χ4v) is 1.53. The van der Waals surface area contributed by atoms with E-state index in [1.165, 1.54) is 0 Å². The Labute approximate surface area is 103 Å². The molecule has 1 unspecified atom stereocenters. The van der Waals surface area contributed by atoms with Crippen molar-refractivity contribution in [3.63, 3.8) is 0 Å². The average Bonchev–Trinajstić information content (AvgIpc) is 2.28. The molecule has 0 fully saturated rings. The summed E-state index contributed by atoms with van der Waals surface area (Å²) in [4.78, 5) is 4.47. The molecule has 1 aromatic heterocycles. The van der Waals surface area contributed by atoms with Gasteiger partial charge in [0.15, 0.2) is 0 Å². The minimum absolute atomic E-state index is 0.0134. The second kappa shape index (κ2) is 6.57. The second-order valence-electron chi connectivity index (χ2n) is 4.48. The number of rotatable bonds is 6. The van der Waals surface area contributed by atoms with E-state index < -0.39 is 0 Å². The van der Waals surface area contributed by atoms with Crippen LogP contribution in [-0.2, 0) is 11.3 Å². The first kappa shape index (κ1) is 13.9. The maximum absolute atomic E-state index is 5.70. The van der Waals surface area contributed by atoms with Crippen molar-refractivity contribution in [2.45, 2.75) is 39.3 Å². The lowest BCUT2D eigenvalue weighted by molar-refractivity contribution is 0.0887. The summed E-state index contributed by atoms with van der Waals surface area (Å²) in [6.07, 6.45) is -0.0134. The van der Waals surface area contributed by atoms with Crippen molar-refractivity contribution in [1.82, 2.24) is 4.98 Å². The molecule has 0 amide bonds. The van der Waals surface area contributed by atoms with Crippen molar-refractivity contribution in [3.05, 3.63) is 23.4 Å².